The van der Waals surface area contributed by atoms with Gasteiger partial charge in [-0.1, -0.05) is 48.5 Å². The Kier molecular flexibility index (Phi) is 8.72. The van der Waals surface area contributed by atoms with E-state index in [0.717, 1.165) is 62.8 Å². The number of sulfonamides is 1. The molecule has 0 spiro atoms. The number of fused-ring (bicyclic) bond motifs is 3. The van der Waals surface area contributed by atoms with Crippen molar-refractivity contribution in [3.8, 4) is 22.3 Å². The first-order chi connectivity index (χ1) is 21.6. The fourth-order valence-electron chi connectivity index (χ4n) is 5.77. The van der Waals surface area contributed by atoms with Crippen LogP contribution < -0.4 is 9.21 Å². The van der Waals surface area contributed by atoms with Gasteiger partial charge in [-0.2, -0.15) is 0 Å². The first-order valence-corrected chi connectivity index (χ1v) is 17.4. The number of thioether (sulfide) groups is 1. The van der Waals surface area contributed by atoms with Gasteiger partial charge >= 0.3 is 0 Å². The lowest BCUT2D eigenvalue weighted by Crippen LogP contribution is -2.33. The van der Waals surface area contributed by atoms with Gasteiger partial charge in [0.25, 0.3) is 0 Å². The Bertz CT molecular complexity index is 1980. The molecule has 1 aliphatic heterocycles. The molecule has 0 fully saturated rings. The van der Waals surface area contributed by atoms with Crippen molar-refractivity contribution in [1.29, 1.82) is 0 Å². The van der Waals surface area contributed by atoms with E-state index in [-0.39, 0.29) is 5.91 Å². The van der Waals surface area contributed by atoms with Crippen molar-refractivity contribution in [2.45, 2.75) is 23.8 Å². The van der Waals surface area contributed by atoms with E-state index in [0.29, 0.717) is 18.5 Å². The van der Waals surface area contributed by atoms with Crippen LogP contribution in [0.2, 0.25) is 0 Å². The summed E-state index contributed by atoms with van der Waals surface area (Å²) < 4.78 is 27.7. The second kappa shape index (κ2) is 12.7. The lowest BCUT2D eigenvalue weighted by atomic mass is 9.92. The minimum absolute atomic E-state index is 0.0852. The summed E-state index contributed by atoms with van der Waals surface area (Å²) in [5.74, 6) is 0.0852. The molecule has 3 heterocycles. The lowest BCUT2D eigenvalue weighted by molar-refractivity contribution is -0.118. The predicted molar refractivity (Wildman–Crippen MR) is 188 cm³/mol. The number of hydrogen-bond donors (Lipinski definition) is 1. The number of benzene rings is 3. The molecule has 10 heteroatoms. The lowest BCUT2D eigenvalue weighted by Gasteiger charge is -2.23. The topological polar surface area (TPSA) is 89.6 Å². The second-order valence-corrected chi connectivity index (χ2v) is 15.1. The first-order valence-electron chi connectivity index (χ1n) is 14.9. The Morgan fingerprint density at radius 2 is 1.69 bits per heavy atom. The highest BCUT2D eigenvalue weighted by Crippen LogP contribution is 2.42. The molecule has 0 saturated heterocycles. The van der Waals surface area contributed by atoms with Crippen LogP contribution >= 0.6 is 11.8 Å². The van der Waals surface area contributed by atoms with Crippen molar-refractivity contribution < 1.29 is 13.2 Å². The summed E-state index contributed by atoms with van der Waals surface area (Å²) in [7, 11) is 3.90. The van der Waals surface area contributed by atoms with Crippen LogP contribution in [-0.4, -0.2) is 68.5 Å². The van der Waals surface area contributed by atoms with Gasteiger partial charge in [0.2, 0.25) is 15.9 Å². The summed E-state index contributed by atoms with van der Waals surface area (Å²) in [4.78, 5) is 24.9. The fraction of sp³-hybridized carbons (Fsp3) is 0.257. The van der Waals surface area contributed by atoms with Gasteiger partial charge in [0.15, 0.2) is 0 Å². The van der Waals surface area contributed by atoms with Gasteiger partial charge in [0.1, 0.15) is 10.2 Å². The standard InChI is InChI=1S/C35H37N5O3S2/c1-38(2)20-8-12-31(41)39(3)26-16-14-24(15-17-26)29-23-36-35-34(33(29)25-10-6-5-7-11-25)28-22-27(18-19-30(28)37-35)40(4)45(42,43)32-13-9-21-44-32/h5-7,9-11,14-19,21-23,32H,8,12-13,20H2,1-4H3,(H,36,37). The molecule has 1 amide bonds. The number of allylic oxidation sites excluding steroid dienone is 1. The molecule has 5 aromatic rings. The Labute approximate surface area is 268 Å². The first kappa shape index (κ1) is 30.9. The Hall–Kier alpha value is -4.12. The predicted octanol–water partition coefficient (Wildman–Crippen LogP) is 7.10. The third kappa shape index (κ3) is 6.10. The summed E-state index contributed by atoms with van der Waals surface area (Å²) >= 11 is 1.34. The molecule has 0 saturated carbocycles. The summed E-state index contributed by atoms with van der Waals surface area (Å²) in [5, 5.41) is 3.68. The second-order valence-electron chi connectivity index (χ2n) is 11.6. The van der Waals surface area contributed by atoms with E-state index >= 15 is 0 Å². The number of carbonyl (C=O) groups excluding carboxylic acids is 1. The molecule has 1 aliphatic rings. The zero-order chi connectivity index (χ0) is 31.7. The molecule has 6 rings (SSSR count). The summed E-state index contributed by atoms with van der Waals surface area (Å²) in [5.41, 5.74) is 6.98. The highest BCUT2D eigenvalue weighted by molar-refractivity contribution is 8.15. The van der Waals surface area contributed by atoms with Gasteiger partial charge < -0.3 is 14.8 Å². The van der Waals surface area contributed by atoms with E-state index in [1.54, 1.807) is 11.9 Å². The number of nitrogens with one attached hydrogen (secondary N) is 1. The number of aromatic nitrogens is 2. The number of hydrogen-bond acceptors (Lipinski definition) is 6. The number of pyridine rings is 1. The van der Waals surface area contributed by atoms with Gasteiger partial charge in [-0.05, 0) is 80.3 Å². The molecule has 45 heavy (non-hydrogen) atoms. The molecule has 0 bridgehead atoms. The van der Waals surface area contributed by atoms with Crippen molar-refractivity contribution in [1.82, 2.24) is 14.9 Å². The molecule has 1 N–H and O–H groups in total. The average Bonchev–Trinajstić information content (AvgIpc) is 3.73. The van der Waals surface area contributed by atoms with Gasteiger partial charge in [-0.25, -0.2) is 13.4 Å². The number of H-pyrrole nitrogens is 1. The number of aromatic amines is 1. The Balaban J connectivity index is 1.42. The van der Waals surface area contributed by atoms with Crippen LogP contribution in [0.3, 0.4) is 0 Å². The van der Waals surface area contributed by atoms with Crippen LogP contribution in [-0.2, 0) is 14.8 Å². The number of anilines is 2. The van der Waals surface area contributed by atoms with Crippen molar-refractivity contribution in [3.05, 3.63) is 90.5 Å². The van der Waals surface area contributed by atoms with E-state index in [2.05, 4.69) is 22.0 Å². The summed E-state index contributed by atoms with van der Waals surface area (Å²) in [6.45, 7) is 0.870. The average molecular weight is 640 g/mol. The molecular formula is C35H37N5O3S2. The molecule has 1 unspecified atom stereocenters. The van der Waals surface area contributed by atoms with Crippen molar-refractivity contribution in [2.24, 2.45) is 0 Å². The summed E-state index contributed by atoms with van der Waals surface area (Å²) in [6.07, 6.45) is 5.58. The quantitative estimate of drug-likeness (QED) is 0.175. The van der Waals surface area contributed by atoms with E-state index in [9.17, 15) is 13.2 Å². The largest absolute Gasteiger partial charge is 0.339 e. The van der Waals surface area contributed by atoms with Gasteiger partial charge in [-0.15, -0.1) is 11.8 Å². The molecule has 1 atom stereocenters. The summed E-state index contributed by atoms with van der Waals surface area (Å²) in [6, 6.07) is 23.9. The zero-order valence-corrected chi connectivity index (χ0v) is 27.5. The van der Waals surface area contributed by atoms with E-state index in [1.165, 1.54) is 16.1 Å². The van der Waals surface area contributed by atoms with Crippen molar-refractivity contribution in [3.63, 3.8) is 0 Å². The molecule has 8 nitrogen and oxygen atoms in total. The number of nitrogens with zero attached hydrogens (tertiary/aromatic N) is 4. The van der Waals surface area contributed by atoms with Crippen LogP contribution in [0.1, 0.15) is 19.3 Å². The highest BCUT2D eigenvalue weighted by atomic mass is 32.3. The maximum absolute atomic E-state index is 13.4. The minimum atomic E-state index is -3.56. The molecule has 0 radical (unpaired) electrons. The van der Waals surface area contributed by atoms with Gasteiger partial charge in [0.05, 0.1) is 5.69 Å². The minimum Gasteiger partial charge on any atom is -0.339 e. The van der Waals surface area contributed by atoms with Crippen LogP contribution in [0.15, 0.2) is 90.5 Å². The van der Waals surface area contributed by atoms with Crippen LogP contribution in [0, 0.1) is 0 Å². The monoisotopic (exact) mass is 639 g/mol. The maximum atomic E-state index is 13.4. The Morgan fingerprint density at radius 1 is 0.956 bits per heavy atom. The number of rotatable bonds is 10. The van der Waals surface area contributed by atoms with Crippen LogP contribution in [0.4, 0.5) is 11.4 Å². The smallest absolute Gasteiger partial charge is 0.247 e. The number of amides is 1. The third-order valence-corrected chi connectivity index (χ3v) is 12.1. The molecule has 2 aromatic heterocycles. The SMILES string of the molecule is CN(C)CCCC(=O)N(C)c1ccc(-c2cnc3[nH]c4ccc(N(C)S(=O)(=O)C5CC=CS5)cc4c3c2-c2ccccc2)cc1. The van der Waals surface area contributed by atoms with Gasteiger partial charge in [-0.3, -0.25) is 9.10 Å². The zero-order valence-electron chi connectivity index (χ0n) is 25.9. The molecule has 3 aromatic carbocycles. The van der Waals surface area contributed by atoms with Crippen molar-refractivity contribution >= 4 is 61.0 Å². The normalized spacial score (nSPS) is 14.9. The van der Waals surface area contributed by atoms with Gasteiger partial charge in [0, 0.05) is 59.8 Å². The molecule has 232 valence electrons. The molecular weight excluding hydrogens is 603 g/mol. The van der Waals surface area contributed by atoms with E-state index < -0.39 is 14.6 Å². The van der Waals surface area contributed by atoms with E-state index in [4.69, 9.17) is 4.98 Å². The van der Waals surface area contributed by atoms with Crippen LogP contribution in [0.5, 0.6) is 0 Å². The highest BCUT2D eigenvalue weighted by Gasteiger charge is 2.31. The van der Waals surface area contributed by atoms with E-state index in [1.807, 2.05) is 99.5 Å². The number of carbonyl (C=O) groups is 1. The third-order valence-electron chi connectivity index (χ3n) is 8.34. The van der Waals surface area contributed by atoms with Crippen molar-refractivity contribution in [2.75, 3.05) is 43.9 Å². The maximum Gasteiger partial charge on any atom is 0.247 e. The molecule has 0 aliphatic carbocycles. The fourth-order valence-corrected chi connectivity index (χ4v) is 8.64. The Morgan fingerprint density at radius 3 is 2.38 bits per heavy atom. The van der Waals surface area contributed by atoms with Crippen LogP contribution in [0.25, 0.3) is 44.2 Å².